The second-order valence-electron chi connectivity index (χ2n) is 15.6. The van der Waals surface area contributed by atoms with Gasteiger partial charge in [-0.2, -0.15) is 0 Å². The number of piperidine rings is 3. The lowest BCUT2D eigenvalue weighted by Gasteiger charge is -2.62. The Kier molecular flexibility index (Phi) is 10.7. The zero-order valence-electron chi connectivity index (χ0n) is 31.3. The number of phenolic OH excluding ortho intramolecular Hbond substituents is 1. The van der Waals surface area contributed by atoms with Gasteiger partial charge < -0.3 is 40.2 Å². The number of aliphatic hydroxyl groups excluding tert-OH is 1. The maximum Gasteiger partial charge on any atom is 0.318 e. The second kappa shape index (κ2) is 15.9. The number of amides is 1. The van der Waals surface area contributed by atoms with Crippen LogP contribution < -0.4 is 15.6 Å². The van der Waals surface area contributed by atoms with Crippen LogP contribution in [0.25, 0.3) is 10.9 Å². The van der Waals surface area contributed by atoms with E-state index in [1.807, 2.05) is 83.8 Å². The number of pyridine rings is 1. The molecule has 5 heterocycles. The first-order valence-corrected chi connectivity index (χ1v) is 19.5. The molecule has 5 aromatic rings. The lowest BCUT2D eigenvalue weighted by atomic mass is 9.58. The molecule has 1 aromatic heterocycles. The summed E-state index contributed by atoms with van der Waals surface area (Å²) in [4.78, 5) is 45.5. The molecule has 4 atom stereocenters. The Morgan fingerprint density at radius 3 is 2.30 bits per heavy atom. The van der Waals surface area contributed by atoms with Crippen LogP contribution in [0.3, 0.4) is 0 Å². The Hall–Kier alpha value is -5.49. The van der Waals surface area contributed by atoms with Gasteiger partial charge in [0.1, 0.15) is 23.5 Å². The summed E-state index contributed by atoms with van der Waals surface area (Å²) < 4.78 is 6.06. The molecule has 0 saturated carbocycles. The summed E-state index contributed by atoms with van der Waals surface area (Å²) in [6.45, 7) is 4.38. The summed E-state index contributed by atoms with van der Waals surface area (Å²) in [5.41, 5.74) is 3.37. The van der Waals surface area contributed by atoms with Crippen LogP contribution in [-0.2, 0) is 34.6 Å². The highest BCUT2D eigenvalue weighted by Gasteiger charge is 2.64. The summed E-state index contributed by atoms with van der Waals surface area (Å²) in [6.07, 6.45) is 2.16. The van der Waals surface area contributed by atoms with E-state index in [1.165, 1.54) is 12.1 Å². The number of carboxylic acids is 1. The number of nitrogens with one attached hydrogen (secondary N) is 2. The van der Waals surface area contributed by atoms with E-state index in [1.54, 1.807) is 12.1 Å². The molecule has 4 aliphatic heterocycles. The number of hydrogen-bond acceptors (Lipinski definition) is 8. The Morgan fingerprint density at radius 2 is 1.61 bits per heavy atom. The fourth-order valence-corrected chi connectivity index (χ4v) is 9.22. The summed E-state index contributed by atoms with van der Waals surface area (Å²) in [5.74, 6) is 0.436. The monoisotopic (exact) mass is 756 g/mol. The third-order valence-electron chi connectivity index (χ3n) is 12.3. The van der Waals surface area contributed by atoms with E-state index in [0.717, 1.165) is 60.5 Å². The van der Waals surface area contributed by atoms with Crippen LogP contribution in [0.4, 0.5) is 0 Å². The van der Waals surface area contributed by atoms with Gasteiger partial charge in [0.2, 0.25) is 11.5 Å². The molecule has 5 N–H and O–H groups in total. The van der Waals surface area contributed by atoms with Gasteiger partial charge in [-0.25, -0.2) is 0 Å². The van der Waals surface area contributed by atoms with E-state index >= 15 is 0 Å². The number of aromatic amines is 1. The molecule has 1 amide bonds. The maximum absolute atomic E-state index is 13.8. The van der Waals surface area contributed by atoms with E-state index in [0.29, 0.717) is 48.4 Å². The summed E-state index contributed by atoms with van der Waals surface area (Å²) in [6, 6.07) is 31.1. The Morgan fingerprint density at radius 1 is 0.893 bits per heavy atom. The number of carboxylic acid groups (broad SMARTS) is 1. The topological polar surface area (TPSA) is 155 Å². The molecular formula is C45H48N4O7. The standard InChI is InChI=1S/C45H48N4O7/c50-38-17-15-35(36-16-18-40(52)47-42(36)38)39(51)25-46-24-30-6-8-31(9-7-30)27-56-34-13-10-29(11-14-34)12-19-41(53)49-28-45(44(54)55,33-4-2-1-3-5-33)43(49)37-26-48-22-20-32(37)21-23-48/h1-11,13-18,32,37,39,43,46,50-51H,12,19-28H2,(H,47,52)(H,54,55). The van der Waals surface area contributed by atoms with Crippen molar-refractivity contribution < 1.29 is 29.6 Å². The minimum absolute atomic E-state index is 0.0130. The number of fused-ring (bicyclic) bond motifs is 4. The smallest absolute Gasteiger partial charge is 0.318 e. The van der Waals surface area contributed by atoms with Crippen molar-refractivity contribution in [3.05, 3.63) is 141 Å². The molecule has 56 heavy (non-hydrogen) atoms. The van der Waals surface area contributed by atoms with E-state index < -0.39 is 17.5 Å². The van der Waals surface area contributed by atoms with E-state index in [-0.39, 0.29) is 42.3 Å². The van der Waals surface area contributed by atoms with Crippen molar-refractivity contribution in [3.63, 3.8) is 0 Å². The van der Waals surface area contributed by atoms with Crippen molar-refractivity contribution in [2.75, 3.05) is 32.7 Å². The summed E-state index contributed by atoms with van der Waals surface area (Å²) in [5, 5.41) is 35.5. The number of ether oxygens (including phenoxy) is 1. The molecule has 2 bridgehead atoms. The van der Waals surface area contributed by atoms with Crippen molar-refractivity contribution in [2.24, 2.45) is 11.8 Å². The van der Waals surface area contributed by atoms with Crippen LogP contribution in [0.15, 0.2) is 108 Å². The number of aromatic hydroxyl groups is 1. The first-order valence-electron chi connectivity index (χ1n) is 19.5. The van der Waals surface area contributed by atoms with Crippen LogP contribution in [0, 0.1) is 11.8 Å². The molecule has 9 rings (SSSR count). The molecule has 290 valence electrons. The number of hydrogen-bond donors (Lipinski definition) is 5. The second-order valence-corrected chi connectivity index (χ2v) is 15.6. The van der Waals surface area contributed by atoms with Crippen molar-refractivity contribution in [2.45, 2.75) is 56.4 Å². The van der Waals surface area contributed by atoms with Gasteiger partial charge in [0, 0.05) is 44.1 Å². The maximum atomic E-state index is 13.8. The molecule has 0 radical (unpaired) electrons. The molecule has 4 unspecified atom stereocenters. The predicted molar refractivity (Wildman–Crippen MR) is 212 cm³/mol. The third kappa shape index (κ3) is 7.42. The summed E-state index contributed by atoms with van der Waals surface area (Å²) >= 11 is 0. The van der Waals surface area contributed by atoms with Gasteiger partial charge in [0.05, 0.1) is 17.7 Å². The number of rotatable bonds is 14. The van der Waals surface area contributed by atoms with E-state index in [4.69, 9.17) is 4.74 Å². The number of aromatic nitrogens is 1. The zero-order valence-corrected chi connectivity index (χ0v) is 31.3. The van der Waals surface area contributed by atoms with Gasteiger partial charge in [0.25, 0.3) is 0 Å². The fourth-order valence-electron chi connectivity index (χ4n) is 9.22. The van der Waals surface area contributed by atoms with Crippen molar-refractivity contribution in [1.29, 1.82) is 0 Å². The number of benzene rings is 4. The number of aliphatic hydroxyl groups is 1. The van der Waals surface area contributed by atoms with Crippen LogP contribution in [-0.4, -0.2) is 80.7 Å². The van der Waals surface area contributed by atoms with Crippen molar-refractivity contribution in [3.8, 4) is 11.5 Å². The van der Waals surface area contributed by atoms with Gasteiger partial charge in [-0.15, -0.1) is 0 Å². The van der Waals surface area contributed by atoms with Gasteiger partial charge in [-0.1, -0.05) is 72.8 Å². The number of carbonyl (C=O) groups is 2. The van der Waals surface area contributed by atoms with Crippen LogP contribution in [0.1, 0.15) is 53.2 Å². The van der Waals surface area contributed by atoms with Crippen LogP contribution in [0.5, 0.6) is 11.5 Å². The SMILES string of the molecule is O=C(CCc1ccc(OCc2ccc(CNCC(O)c3ccc(O)c4[nH]c(=O)ccc34)cc2)cc1)N1CC(C(=O)O)(c2ccccc2)C1C1CN2CCC1CC2. The number of carbonyl (C=O) groups excluding carboxylic acids is 1. The minimum Gasteiger partial charge on any atom is -0.506 e. The normalized spacial score (nSPS) is 23.4. The largest absolute Gasteiger partial charge is 0.506 e. The number of nitrogens with zero attached hydrogens (tertiary/aromatic N) is 2. The van der Waals surface area contributed by atoms with Crippen LogP contribution >= 0.6 is 0 Å². The molecule has 0 spiro atoms. The average Bonchev–Trinajstić information content (AvgIpc) is 3.21. The Balaban J connectivity index is 0.822. The number of likely N-dealkylation sites (tertiary alicyclic amines) is 1. The number of H-pyrrole nitrogens is 1. The first kappa shape index (κ1) is 37.4. The van der Waals surface area contributed by atoms with Crippen molar-refractivity contribution in [1.82, 2.24) is 20.1 Å². The van der Waals surface area contributed by atoms with E-state index in [2.05, 4.69) is 15.2 Å². The molecule has 4 saturated heterocycles. The van der Waals surface area contributed by atoms with Gasteiger partial charge in [0.15, 0.2) is 0 Å². The number of phenols is 1. The highest BCUT2D eigenvalue weighted by atomic mass is 16.5. The lowest BCUT2D eigenvalue weighted by molar-refractivity contribution is -0.175. The molecule has 4 fully saturated rings. The van der Waals surface area contributed by atoms with Crippen molar-refractivity contribution >= 4 is 22.8 Å². The molecule has 0 aliphatic carbocycles. The minimum atomic E-state index is -1.09. The quantitative estimate of drug-likeness (QED) is 0.104. The third-order valence-corrected chi connectivity index (χ3v) is 12.3. The average molecular weight is 757 g/mol. The van der Waals surface area contributed by atoms with Gasteiger partial charge in [-0.05, 0) is 96.3 Å². The van der Waals surface area contributed by atoms with E-state index in [9.17, 15) is 29.7 Å². The number of aryl methyl sites for hydroxylation is 1. The zero-order chi connectivity index (χ0) is 38.8. The Bertz CT molecular complexity index is 2240. The highest BCUT2D eigenvalue weighted by Crippen LogP contribution is 2.50. The highest BCUT2D eigenvalue weighted by molar-refractivity contribution is 5.90. The van der Waals surface area contributed by atoms with Crippen LogP contribution in [0.2, 0.25) is 0 Å². The molecule has 4 aliphatic rings. The summed E-state index contributed by atoms with van der Waals surface area (Å²) in [7, 11) is 0. The molecule has 11 heteroatoms. The van der Waals surface area contributed by atoms with Gasteiger partial charge >= 0.3 is 5.97 Å². The van der Waals surface area contributed by atoms with Gasteiger partial charge in [-0.3, -0.25) is 14.4 Å². The lowest BCUT2D eigenvalue weighted by Crippen LogP contribution is -2.76. The molecular weight excluding hydrogens is 709 g/mol. The molecule has 4 aromatic carbocycles. The molecule has 11 nitrogen and oxygen atoms in total. The fraction of sp³-hybridized carbons (Fsp3) is 0.356. The first-order chi connectivity index (χ1) is 27.2. The Labute approximate surface area is 325 Å². The predicted octanol–water partition coefficient (Wildman–Crippen LogP) is 5.14. The number of aliphatic carboxylic acids is 1.